The first-order chi connectivity index (χ1) is 13.6. The molecule has 9 heteroatoms. The first kappa shape index (κ1) is 22.8. The van der Waals surface area contributed by atoms with Crippen molar-refractivity contribution in [3.8, 4) is 17.2 Å². The number of nitrogens with one attached hydrogen (secondary N) is 1. The predicted molar refractivity (Wildman–Crippen MR) is 113 cm³/mol. The van der Waals surface area contributed by atoms with Gasteiger partial charge in [-0.15, -0.1) is 12.4 Å². The van der Waals surface area contributed by atoms with Crippen LogP contribution in [0.25, 0.3) is 0 Å². The summed E-state index contributed by atoms with van der Waals surface area (Å²) in [6, 6.07) is 5.61. The molecule has 160 valence electrons. The standard InChI is InChI=1S/C20H28N4O4.ClH/c1-26-16-8-7-14(18(27-2)19(16)28-3)12-24-17(9-10-22-24)23-20(25)13-5-4-6-15(21)11-13;/h7-10,13,15H,4-6,11-12,21H2,1-3H3,(H,23,25);1H. The molecule has 0 aliphatic heterocycles. The minimum Gasteiger partial charge on any atom is -0.493 e. The SMILES string of the molecule is COc1ccc(Cn2nccc2NC(=O)C2CCCC(N)C2)c(OC)c1OC.Cl. The van der Waals surface area contributed by atoms with E-state index in [1.165, 1.54) is 0 Å². The lowest BCUT2D eigenvalue weighted by molar-refractivity contribution is -0.120. The highest BCUT2D eigenvalue weighted by Crippen LogP contribution is 2.40. The Morgan fingerprint density at radius 3 is 2.59 bits per heavy atom. The van der Waals surface area contributed by atoms with Crippen LogP contribution in [0.3, 0.4) is 0 Å². The van der Waals surface area contributed by atoms with Gasteiger partial charge in [0.1, 0.15) is 5.82 Å². The zero-order valence-electron chi connectivity index (χ0n) is 17.0. The number of carbonyl (C=O) groups excluding carboxylic acids is 1. The number of hydrogen-bond acceptors (Lipinski definition) is 6. The molecule has 29 heavy (non-hydrogen) atoms. The van der Waals surface area contributed by atoms with Crippen LogP contribution < -0.4 is 25.3 Å². The second-order valence-electron chi connectivity index (χ2n) is 6.98. The van der Waals surface area contributed by atoms with Crippen LogP contribution in [0.15, 0.2) is 24.4 Å². The highest BCUT2D eigenvalue weighted by molar-refractivity contribution is 5.91. The average molecular weight is 425 g/mol. The monoisotopic (exact) mass is 424 g/mol. The third kappa shape index (κ3) is 5.13. The maximum Gasteiger partial charge on any atom is 0.228 e. The number of nitrogens with two attached hydrogens (primary N) is 1. The summed E-state index contributed by atoms with van der Waals surface area (Å²) in [5.41, 5.74) is 6.88. The van der Waals surface area contributed by atoms with Gasteiger partial charge < -0.3 is 25.3 Å². The third-order valence-electron chi connectivity index (χ3n) is 5.16. The van der Waals surface area contributed by atoms with E-state index in [2.05, 4.69) is 10.4 Å². The van der Waals surface area contributed by atoms with Crippen LogP contribution in [0.4, 0.5) is 5.82 Å². The summed E-state index contributed by atoms with van der Waals surface area (Å²) in [5, 5.41) is 7.35. The molecule has 8 nitrogen and oxygen atoms in total. The highest BCUT2D eigenvalue weighted by Gasteiger charge is 2.26. The van der Waals surface area contributed by atoms with Gasteiger partial charge in [-0.05, 0) is 31.4 Å². The maximum absolute atomic E-state index is 12.7. The molecule has 1 aliphatic carbocycles. The van der Waals surface area contributed by atoms with Gasteiger partial charge in [0.2, 0.25) is 11.7 Å². The summed E-state index contributed by atoms with van der Waals surface area (Å²) in [5.74, 6) is 2.27. The maximum atomic E-state index is 12.7. The van der Waals surface area contributed by atoms with Crippen molar-refractivity contribution in [3.05, 3.63) is 30.0 Å². The molecule has 1 heterocycles. The predicted octanol–water partition coefficient (Wildman–Crippen LogP) is 2.84. The molecule has 0 saturated heterocycles. The van der Waals surface area contributed by atoms with Crippen LogP contribution in [0.2, 0.25) is 0 Å². The molecule has 1 aromatic carbocycles. The molecule has 0 spiro atoms. The molecule has 1 aliphatic rings. The summed E-state index contributed by atoms with van der Waals surface area (Å²) in [7, 11) is 4.73. The smallest absolute Gasteiger partial charge is 0.228 e. The van der Waals surface area contributed by atoms with Crippen molar-refractivity contribution in [1.82, 2.24) is 9.78 Å². The fraction of sp³-hybridized carbons (Fsp3) is 0.500. The molecule has 3 rings (SSSR count). The van der Waals surface area contributed by atoms with Gasteiger partial charge in [0.05, 0.1) is 34.1 Å². The van der Waals surface area contributed by atoms with Crippen molar-refractivity contribution in [2.45, 2.75) is 38.3 Å². The van der Waals surface area contributed by atoms with Crippen molar-refractivity contribution in [1.29, 1.82) is 0 Å². The number of nitrogens with zero attached hydrogens (tertiary/aromatic N) is 2. The van der Waals surface area contributed by atoms with Gasteiger partial charge >= 0.3 is 0 Å². The molecule has 3 N–H and O–H groups in total. The number of carbonyl (C=O) groups is 1. The summed E-state index contributed by atoms with van der Waals surface area (Å²) in [4.78, 5) is 12.7. The molecule has 0 radical (unpaired) electrons. The zero-order valence-corrected chi connectivity index (χ0v) is 17.8. The Balaban J connectivity index is 0.00000300. The van der Waals surface area contributed by atoms with Gasteiger partial charge in [-0.2, -0.15) is 5.10 Å². The minimum atomic E-state index is -0.0530. The normalized spacial score (nSPS) is 18.5. The van der Waals surface area contributed by atoms with E-state index in [-0.39, 0.29) is 30.3 Å². The topological polar surface area (TPSA) is 101 Å². The number of methoxy groups -OCH3 is 3. The van der Waals surface area contributed by atoms with Crippen LogP contribution in [0.5, 0.6) is 17.2 Å². The van der Waals surface area contributed by atoms with Crippen molar-refractivity contribution in [2.75, 3.05) is 26.6 Å². The lowest BCUT2D eigenvalue weighted by atomic mass is 9.85. The van der Waals surface area contributed by atoms with Gasteiger partial charge in [0, 0.05) is 23.6 Å². The van der Waals surface area contributed by atoms with Crippen LogP contribution in [-0.4, -0.2) is 43.1 Å². The van der Waals surface area contributed by atoms with Crippen LogP contribution in [0.1, 0.15) is 31.2 Å². The van der Waals surface area contributed by atoms with Crippen molar-refractivity contribution >= 4 is 24.1 Å². The Morgan fingerprint density at radius 2 is 1.93 bits per heavy atom. The molecule has 2 aromatic rings. The first-order valence-corrected chi connectivity index (χ1v) is 9.43. The zero-order chi connectivity index (χ0) is 20.1. The largest absolute Gasteiger partial charge is 0.493 e. The molecule has 1 fully saturated rings. The quantitative estimate of drug-likeness (QED) is 0.708. The highest BCUT2D eigenvalue weighted by atomic mass is 35.5. The number of anilines is 1. The Hall–Kier alpha value is -2.45. The van der Waals surface area contributed by atoms with Crippen molar-refractivity contribution < 1.29 is 19.0 Å². The van der Waals surface area contributed by atoms with Crippen LogP contribution >= 0.6 is 12.4 Å². The van der Waals surface area contributed by atoms with Gasteiger partial charge in [0.25, 0.3) is 0 Å². The lowest BCUT2D eigenvalue weighted by Crippen LogP contribution is -2.34. The summed E-state index contributed by atoms with van der Waals surface area (Å²) < 4.78 is 18.0. The van der Waals surface area contributed by atoms with Gasteiger partial charge in [-0.1, -0.05) is 6.42 Å². The number of rotatable bonds is 7. The Kier molecular flexibility index (Phi) is 8.16. The number of amides is 1. The van der Waals surface area contributed by atoms with E-state index in [0.29, 0.717) is 29.6 Å². The Bertz CT molecular complexity index is 827. The second kappa shape index (κ2) is 10.4. The second-order valence-corrected chi connectivity index (χ2v) is 6.98. The van der Waals surface area contributed by atoms with Crippen LogP contribution in [-0.2, 0) is 11.3 Å². The summed E-state index contributed by atoms with van der Waals surface area (Å²) in [6.45, 7) is 0.413. The first-order valence-electron chi connectivity index (χ1n) is 9.43. The third-order valence-corrected chi connectivity index (χ3v) is 5.16. The van der Waals surface area contributed by atoms with E-state index in [9.17, 15) is 4.79 Å². The number of hydrogen-bond donors (Lipinski definition) is 2. The minimum absolute atomic E-state index is 0. The van der Waals surface area contributed by atoms with E-state index < -0.39 is 0 Å². The summed E-state index contributed by atoms with van der Waals surface area (Å²) >= 11 is 0. The Morgan fingerprint density at radius 1 is 1.17 bits per heavy atom. The molecule has 1 saturated carbocycles. The lowest BCUT2D eigenvalue weighted by Gasteiger charge is -2.25. The number of aromatic nitrogens is 2. The van der Waals surface area contributed by atoms with Gasteiger partial charge in [-0.25, -0.2) is 4.68 Å². The molecule has 1 amide bonds. The number of ether oxygens (including phenoxy) is 3. The number of benzene rings is 1. The van der Waals surface area contributed by atoms with Crippen molar-refractivity contribution in [2.24, 2.45) is 11.7 Å². The van der Waals surface area contributed by atoms with Gasteiger partial charge in [0.15, 0.2) is 11.5 Å². The van der Waals surface area contributed by atoms with E-state index in [1.807, 2.05) is 12.1 Å². The molecular weight excluding hydrogens is 396 g/mol. The molecule has 2 atom stereocenters. The van der Waals surface area contributed by atoms with E-state index >= 15 is 0 Å². The van der Waals surface area contributed by atoms with Crippen LogP contribution in [0, 0.1) is 5.92 Å². The summed E-state index contributed by atoms with van der Waals surface area (Å²) in [6.07, 6.45) is 5.23. The molecular formula is C20H29ClN4O4. The molecule has 2 unspecified atom stereocenters. The van der Waals surface area contributed by atoms with E-state index in [4.69, 9.17) is 19.9 Å². The fourth-order valence-electron chi connectivity index (χ4n) is 3.71. The molecule has 0 bridgehead atoms. The fourth-order valence-corrected chi connectivity index (χ4v) is 3.71. The average Bonchev–Trinajstić information content (AvgIpc) is 3.13. The molecule has 1 aromatic heterocycles. The van der Waals surface area contributed by atoms with E-state index in [0.717, 1.165) is 31.2 Å². The van der Waals surface area contributed by atoms with Gasteiger partial charge in [-0.3, -0.25) is 4.79 Å². The van der Waals surface area contributed by atoms with Crippen molar-refractivity contribution in [3.63, 3.8) is 0 Å². The Labute approximate surface area is 177 Å². The van der Waals surface area contributed by atoms with E-state index in [1.54, 1.807) is 38.3 Å². The number of halogens is 1.